The van der Waals surface area contributed by atoms with Crippen molar-refractivity contribution in [3.8, 4) is 11.8 Å². The Kier molecular flexibility index (Phi) is 6.88. The summed E-state index contributed by atoms with van der Waals surface area (Å²) in [5.74, 6) is 0.192. The van der Waals surface area contributed by atoms with Gasteiger partial charge in [-0.3, -0.25) is 9.48 Å². The molecule has 1 saturated carbocycles. The standard InChI is InChI=1S/C33H35N7O6/c1-31(2,3)45-29(42)39-25-12-10-19(44-8)14-21(25)33(28(39)41)15-22(33)18-9-11-20-26(13-18)40(30(43)46-32(4,5)6)37-27(20)35-24-17-38(7)36-23(24)16-34/h9-14,17,22H,15H2,1-8H3,(H,35,37)/t22-,33-/m0/s1. The first-order chi connectivity index (χ1) is 21.6. The molecule has 46 heavy (non-hydrogen) atoms. The van der Waals surface area contributed by atoms with Gasteiger partial charge < -0.3 is 19.5 Å². The van der Waals surface area contributed by atoms with E-state index in [1.54, 1.807) is 80.1 Å². The molecular formula is C33H35N7O6. The second-order valence-electron chi connectivity index (χ2n) is 13.6. The summed E-state index contributed by atoms with van der Waals surface area (Å²) in [6, 6.07) is 12.8. The SMILES string of the molecule is COc1ccc2c(c1)[C@]1(C[C@H]1c1ccc3c(Nc4cn(C)nc4C#N)nn(C(=O)OC(C)(C)C)c3c1)C(=O)N2C(=O)OC(C)(C)C. The van der Waals surface area contributed by atoms with Crippen molar-refractivity contribution in [3.05, 3.63) is 59.4 Å². The van der Waals surface area contributed by atoms with Crippen molar-refractivity contribution in [1.82, 2.24) is 19.6 Å². The number of fused-ring (bicyclic) bond motifs is 3. The number of nitriles is 1. The van der Waals surface area contributed by atoms with Crippen LogP contribution in [0.4, 0.5) is 26.8 Å². The van der Waals surface area contributed by atoms with E-state index in [-0.39, 0.29) is 17.5 Å². The van der Waals surface area contributed by atoms with Gasteiger partial charge in [0.05, 0.1) is 29.4 Å². The third-order valence-corrected chi connectivity index (χ3v) is 7.91. The lowest BCUT2D eigenvalue weighted by Crippen LogP contribution is -2.41. The third-order valence-electron chi connectivity index (χ3n) is 7.91. The van der Waals surface area contributed by atoms with Crippen LogP contribution in [-0.4, -0.2) is 56.0 Å². The van der Waals surface area contributed by atoms with E-state index in [1.165, 1.54) is 9.36 Å². The molecule has 2 aromatic heterocycles. The molecule has 2 atom stereocenters. The van der Waals surface area contributed by atoms with Crippen LogP contribution in [-0.2, 0) is 26.7 Å². The number of hydrogen-bond acceptors (Lipinski definition) is 10. The Morgan fingerprint density at radius 2 is 1.72 bits per heavy atom. The number of nitrogens with zero attached hydrogens (tertiary/aromatic N) is 6. The van der Waals surface area contributed by atoms with Crippen molar-refractivity contribution in [3.63, 3.8) is 0 Å². The van der Waals surface area contributed by atoms with Crippen LogP contribution in [0, 0.1) is 11.3 Å². The van der Waals surface area contributed by atoms with Crippen molar-refractivity contribution in [2.45, 2.75) is 70.5 Å². The van der Waals surface area contributed by atoms with Crippen molar-refractivity contribution < 1.29 is 28.6 Å². The van der Waals surface area contributed by atoms with E-state index in [0.717, 1.165) is 10.5 Å². The number of ether oxygens (including phenoxy) is 3. The van der Waals surface area contributed by atoms with E-state index in [1.807, 2.05) is 18.2 Å². The molecule has 238 valence electrons. The van der Waals surface area contributed by atoms with Gasteiger partial charge in [0.15, 0.2) is 11.5 Å². The van der Waals surface area contributed by atoms with E-state index in [2.05, 4.69) is 21.6 Å². The highest BCUT2D eigenvalue weighted by molar-refractivity contribution is 6.23. The fourth-order valence-corrected chi connectivity index (χ4v) is 5.98. The molecule has 13 nitrogen and oxygen atoms in total. The quantitative estimate of drug-likeness (QED) is 0.291. The second-order valence-corrected chi connectivity index (χ2v) is 13.6. The molecule has 2 amide bonds. The number of anilines is 3. The molecule has 1 aliphatic carbocycles. The maximum Gasteiger partial charge on any atom is 0.435 e. The number of rotatable bonds is 4. The summed E-state index contributed by atoms with van der Waals surface area (Å²) in [7, 11) is 3.24. The number of aromatic nitrogens is 4. The zero-order valence-corrected chi connectivity index (χ0v) is 27.0. The predicted octanol–water partition coefficient (Wildman–Crippen LogP) is 5.88. The van der Waals surface area contributed by atoms with Gasteiger partial charge in [0.2, 0.25) is 5.91 Å². The molecule has 6 rings (SSSR count). The zero-order valence-electron chi connectivity index (χ0n) is 27.0. The summed E-state index contributed by atoms with van der Waals surface area (Å²) < 4.78 is 19.4. The summed E-state index contributed by atoms with van der Waals surface area (Å²) in [4.78, 5) is 42.0. The summed E-state index contributed by atoms with van der Waals surface area (Å²) in [6.07, 6.45) is 0.646. The Labute approximate surface area is 265 Å². The number of methoxy groups -OCH3 is 1. The van der Waals surface area contributed by atoms with Crippen molar-refractivity contribution in [1.29, 1.82) is 5.26 Å². The molecule has 0 radical (unpaired) electrons. The highest BCUT2D eigenvalue weighted by Gasteiger charge is 2.68. The maximum absolute atomic E-state index is 14.2. The Hall–Kier alpha value is -5.38. The third kappa shape index (κ3) is 5.09. The van der Waals surface area contributed by atoms with E-state index >= 15 is 0 Å². The van der Waals surface area contributed by atoms with E-state index in [4.69, 9.17) is 14.2 Å². The van der Waals surface area contributed by atoms with Crippen LogP contribution in [0.15, 0.2) is 42.6 Å². The highest BCUT2D eigenvalue weighted by atomic mass is 16.6. The lowest BCUT2D eigenvalue weighted by Gasteiger charge is -2.24. The molecule has 1 N–H and O–H groups in total. The predicted molar refractivity (Wildman–Crippen MR) is 168 cm³/mol. The highest BCUT2D eigenvalue weighted by Crippen LogP contribution is 2.67. The Balaban J connectivity index is 1.44. The van der Waals surface area contributed by atoms with Crippen LogP contribution in [0.3, 0.4) is 0 Å². The van der Waals surface area contributed by atoms with Gasteiger partial charge in [-0.15, -0.1) is 5.10 Å². The van der Waals surface area contributed by atoms with Gasteiger partial charge >= 0.3 is 12.2 Å². The zero-order chi connectivity index (χ0) is 33.3. The minimum Gasteiger partial charge on any atom is -0.497 e. The molecule has 2 aliphatic rings. The molecule has 0 unspecified atom stereocenters. The maximum atomic E-state index is 14.2. The van der Waals surface area contributed by atoms with Crippen molar-refractivity contribution in [2.24, 2.45) is 7.05 Å². The monoisotopic (exact) mass is 625 g/mol. The van der Waals surface area contributed by atoms with E-state index in [0.29, 0.717) is 45.8 Å². The first-order valence-corrected chi connectivity index (χ1v) is 14.8. The van der Waals surface area contributed by atoms with Crippen LogP contribution in [0.5, 0.6) is 5.75 Å². The van der Waals surface area contributed by atoms with Crippen LogP contribution < -0.4 is 15.0 Å². The Bertz CT molecular complexity index is 1970. The van der Waals surface area contributed by atoms with E-state index < -0.39 is 28.8 Å². The summed E-state index contributed by atoms with van der Waals surface area (Å²) in [5.41, 5.74) is 0.332. The summed E-state index contributed by atoms with van der Waals surface area (Å²) in [6.45, 7) is 10.5. The van der Waals surface area contributed by atoms with Crippen LogP contribution in [0.2, 0.25) is 0 Å². The molecule has 0 saturated heterocycles. The number of nitrogens with one attached hydrogen (secondary N) is 1. The van der Waals surface area contributed by atoms with Gasteiger partial charge in [0.1, 0.15) is 23.0 Å². The number of hydrogen-bond donors (Lipinski definition) is 1. The molecular weight excluding hydrogens is 590 g/mol. The molecule has 13 heteroatoms. The van der Waals surface area contributed by atoms with Gasteiger partial charge in [-0.25, -0.2) is 14.5 Å². The molecule has 1 spiro atoms. The first kappa shape index (κ1) is 30.6. The average molecular weight is 626 g/mol. The number of carbonyl (C=O) groups excluding carboxylic acids is 3. The lowest BCUT2D eigenvalue weighted by atomic mass is 9.91. The van der Waals surface area contributed by atoms with Crippen LogP contribution in [0.25, 0.3) is 10.9 Å². The Morgan fingerprint density at radius 1 is 1.02 bits per heavy atom. The van der Waals surface area contributed by atoms with Crippen molar-refractivity contribution >= 4 is 46.2 Å². The molecule has 0 bridgehead atoms. The number of amides is 2. The smallest absolute Gasteiger partial charge is 0.435 e. The average Bonchev–Trinajstić information content (AvgIpc) is 3.36. The second kappa shape index (κ2) is 10.3. The van der Waals surface area contributed by atoms with E-state index in [9.17, 15) is 19.6 Å². The van der Waals surface area contributed by atoms with Gasteiger partial charge in [0.25, 0.3) is 0 Å². The van der Waals surface area contributed by atoms with Gasteiger partial charge in [-0.1, -0.05) is 6.07 Å². The van der Waals surface area contributed by atoms with Gasteiger partial charge in [0, 0.05) is 24.5 Å². The van der Waals surface area contributed by atoms with Gasteiger partial charge in [-0.2, -0.15) is 15.0 Å². The number of carbonyl (C=O) groups is 3. The fraction of sp³-hybridized carbons (Fsp3) is 0.394. The normalized spacial score (nSPS) is 18.8. The largest absolute Gasteiger partial charge is 0.497 e. The van der Waals surface area contributed by atoms with Gasteiger partial charge in [-0.05, 0) is 89.4 Å². The van der Waals surface area contributed by atoms with Crippen molar-refractivity contribution in [2.75, 3.05) is 17.3 Å². The number of aryl methyl sites for hydroxylation is 1. The topological polar surface area (TPSA) is 154 Å². The number of benzene rings is 2. The minimum absolute atomic E-state index is 0.169. The molecule has 3 heterocycles. The van der Waals surface area contributed by atoms with Crippen LogP contribution in [0.1, 0.15) is 70.7 Å². The fourth-order valence-electron chi connectivity index (χ4n) is 5.98. The summed E-state index contributed by atoms with van der Waals surface area (Å²) in [5, 5.41) is 22.0. The number of imide groups is 1. The lowest BCUT2D eigenvalue weighted by molar-refractivity contribution is -0.120. The first-order valence-electron chi connectivity index (χ1n) is 14.8. The molecule has 2 aromatic carbocycles. The molecule has 1 fully saturated rings. The summed E-state index contributed by atoms with van der Waals surface area (Å²) >= 11 is 0. The van der Waals surface area contributed by atoms with Crippen LogP contribution >= 0.6 is 0 Å². The Morgan fingerprint density at radius 3 is 2.37 bits per heavy atom. The minimum atomic E-state index is -1.02. The molecule has 4 aromatic rings. The molecule has 1 aliphatic heterocycles.